The fourth-order valence-electron chi connectivity index (χ4n) is 4.13. The van der Waals surface area contributed by atoms with Gasteiger partial charge < -0.3 is 9.64 Å². The monoisotopic (exact) mass is 436 g/mol. The summed E-state index contributed by atoms with van der Waals surface area (Å²) in [4.78, 5) is 2.53. The van der Waals surface area contributed by atoms with E-state index in [1.54, 1.807) is 24.3 Å². The number of nitriles is 1. The summed E-state index contributed by atoms with van der Waals surface area (Å²) in [7, 11) is -3.24. The van der Waals surface area contributed by atoms with Crippen LogP contribution in [0.1, 0.15) is 25.5 Å². The second-order valence-corrected chi connectivity index (χ2v) is 9.68. The van der Waals surface area contributed by atoms with Gasteiger partial charge in [0.2, 0.25) is 0 Å². The summed E-state index contributed by atoms with van der Waals surface area (Å²) in [5, 5.41) is 19.1. The summed E-state index contributed by atoms with van der Waals surface area (Å²) in [5.74, 6) is 0. The van der Waals surface area contributed by atoms with Crippen molar-refractivity contribution >= 4 is 26.4 Å². The summed E-state index contributed by atoms with van der Waals surface area (Å²) < 4.78 is 28.9. The molecule has 31 heavy (non-hydrogen) atoms. The number of rotatable bonds is 5. The average Bonchev–Trinajstić information content (AvgIpc) is 2.79. The lowest BCUT2D eigenvalue weighted by Gasteiger charge is -2.36. The first-order valence-corrected chi connectivity index (χ1v) is 12.2. The Morgan fingerprint density at radius 3 is 2.39 bits per heavy atom. The average molecular weight is 437 g/mol. The molecule has 160 valence electrons. The van der Waals surface area contributed by atoms with Gasteiger partial charge in [0, 0.05) is 37.4 Å². The maximum atomic E-state index is 11.7. The van der Waals surface area contributed by atoms with Crippen LogP contribution in [-0.2, 0) is 14.6 Å². The molecule has 2 aromatic carbocycles. The van der Waals surface area contributed by atoms with E-state index in [0.717, 1.165) is 41.6 Å². The highest BCUT2D eigenvalue weighted by atomic mass is 32.2. The van der Waals surface area contributed by atoms with Crippen molar-refractivity contribution in [3.05, 3.63) is 48.2 Å². The van der Waals surface area contributed by atoms with Crippen molar-refractivity contribution in [3.63, 3.8) is 0 Å². The third-order valence-electron chi connectivity index (χ3n) is 5.72. The van der Waals surface area contributed by atoms with Gasteiger partial charge in [-0.3, -0.25) is 0 Å². The summed E-state index contributed by atoms with van der Waals surface area (Å²) in [6.45, 7) is 4.27. The minimum absolute atomic E-state index is 0.285. The summed E-state index contributed by atoms with van der Waals surface area (Å²) in [5.41, 5.74) is 3.64. The molecule has 0 N–H and O–H groups in total. The second kappa shape index (κ2) is 8.61. The molecule has 0 bridgehead atoms. The molecule has 8 heteroatoms. The molecule has 1 fully saturated rings. The Balaban J connectivity index is 1.78. The van der Waals surface area contributed by atoms with E-state index in [0.29, 0.717) is 30.5 Å². The van der Waals surface area contributed by atoms with E-state index < -0.39 is 9.84 Å². The number of nitrogens with zero attached hydrogens (tertiary/aromatic N) is 4. The predicted octanol–water partition coefficient (Wildman–Crippen LogP) is 3.58. The topological polar surface area (TPSA) is 96.2 Å². The highest BCUT2D eigenvalue weighted by Gasteiger charge is 2.25. The highest BCUT2D eigenvalue weighted by Crippen LogP contribution is 2.34. The molecular weight excluding hydrogens is 412 g/mol. The summed E-state index contributed by atoms with van der Waals surface area (Å²) in [6, 6.07) is 15.2. The second-order valence-electron chi connectivity index (χ2n) is 7.67. The van der Waals surface area contributed by atoms with Crippen LogP contribution in [0.25, 0.3) is 22.0 Å². The molecule has 7 nitrogen and oxygen atoms in total. The normalized spacial score (nSPS) is 15.0. The summed E-state index contributed by atoms with van der Waals surface area (Å²) in [6.07, 6.45) is 3.01. The van der Waals surface area contributed by atoms with Crippen molar-refractivity contribution in [1.82, 2.24) is 10.2 Å². The lowest BCUT2D eigenvalue weighted by molar-refractivity contribution is 0.0846. The predicted molar refractivity (Wildman–Crippen MR) is 120 cm³/mol. The number of sulfone groups is 1. The Kier molecular flexibility index (Phi) is 5.90. The molecule has 0 radical (unpaired) electrons. The van der Waals surface area contributed by atoms with Crippen LogP contribution in [0, 0.1) is 11.3 Å². The van der Waals surface area contributed by atoms with E-state index in [4.69, 9.17) is 4.74 Å². The number of anilines is 1. The van der Waals surface area contributed by atoms with Crippen LogP contribution in [0.5, 0.6) is 0 Å². The van der Waals surface area contributed by atoms with Gasteiger partial charge in [0.05, 0.1) is 16.1 Å². The van der Waals surface area contributed by atoms with Crippen LogP contribution in [0.3, 0.4) is 0 Å². The van der Waals surface area contributed by atoms with Gasteiger partial charge in [0.15, 0.2) is 15.5 Å². The number of aromatic nitrogens is 2. The Bertz CT molecular complexity index is 1240. The Morgan fingerprint density at radius 1 is 1.10 bits per heavy atom. The smallest absolute Gasteiger partial charge is 0.187 e. The molecule has 0 unspecified atom stereocenters. The van der Waals surface area contributed by atoms with E-state index in [-0.39, 0.29) is 4.90 Å². The quantitative estimate of drug-likeness (QED) is 0.603. The van der Waals surface area contributed by atoms with Crippen LogP contribution in [0.4, 0.5) is 5.69 Å². The van der Waals surface area contributed by atoms with Crippen LogP contribution in [0.15, 0.2) is 47.4 Å². The molecular formula is C23H24N4O3S. The zero-order chi connectivity index (χ0) is 22.0. The van der Waals surface area contributed by atoms with Crippen molar-refractivity contribution in [2.75, 3.05) is 30.9 Å². The largest absolute Gasteiger partial charge is 0.381 e. The molecule has 0 saturated carbocycles. The number of hydrogen-bond donors (Lipinski definition) is 0. The van der Waals surface area contributed by atoms with E-state index >= 15 is 0 Å². The van der Waals surface area contributed by atoms with E-state index in [1.807, 2.05) is 18.2 Å². The van der Waals surface area contributed by atoms with E-state index in [9.17, 15) is 13.7 Å². The van der Waals surface area contributed by atoms with Gasteiger partial charge in [-0.05, 0) is 55.2 Å². The first-order valence-electron chi connectivity index (χ1n) is 10.3. The van der Waals surface area contributed by atoms with Crippen LogP contribution >= 0.6 is 0 Å². The molecule has 1 saturated heterocycles. The van der Waals surface area contributed by atoms with E-state index in [2.05, 4.69) is 28.1 Å². The third kappa shape index (κ3) is 4.24. The van der Waals surface area contributed by atoms with Gasteiger partial charge in [-0.25, -0.2) is 8.42 Å². The van der Waals surface area contributed by atoms with Gasteiger partial charge in [-0.2, -0.15) is 5.26 Å². The number of benzene rings is 2. The van der Waals surface area contributed by atoms with Crippen LogP contribution < -0.4 is 4.90 Å². The maximum absolute atomic E-state index is 11.7. The van der Waals surface area contributed by atoms with Gasteiger partial charge >= 0.3 is 0 Å². The lowest BCUT2D eigenvalue weighted by Crippen LogP contribution is -2.40. The fourth-order valence-corrected chi connectivity index (χ4v) is 4.76. The molecule has 4 rings (SSSR count). The molecule has 0 aliphatic carbocycles. The first kappa shape index (κ1) is 21.2. The van der Waals surface area contributed by atoms with Gasteiger partial charge in [0.1, 0.15) is 6.07 Å². The van der Waals surface area contributed by atoms with Crippen molar-refractivity contribution in [3.8, 4) is 17.2 Å². The van der Waals surface area contributed by atoms with Crippen molar-refractivity contribution in [2.45, 2.75) is 30.7 Å². The molecule has 3 aromatic rings. The zero-order valence-electron chi connectivity index (χ0n) is 17.6. The molecule has 1 aromatic heterocycles. The van der Waals surface area contributed by atoms with Crippen molar-refractivity contribution < 1.29 is 13.2 Å². The van der Waals surface area contributed by atoms with Crippen molar-refractivity contribution in [1.29, 1.82) is 5.26 Å². The SMILES string of the molecule is CCN(c1c(C#N)nnc2cc(-c3ccc(S(C)(=O)=O)cc3)ccc12)C1CCOCC1. The minimum atomic E-state index is -3.24. The minimum Gasteiger partial charge on any atom is -0.381 e. The van der Waals surface area contributed by atoms with Crippen LogP contribution in [-0.4, -0.2) is 50.7 Å². The number of fused-ring (bicyclic) bond motifs is 1. The molecule has 2 heterocycles. The summed E-state index contributed by atoms with van der Waals surface area (Å²) >= 11 is 0. The highest BCUT2D eigenvalue weighted by molar-refractivity contribution is 7.90. The van der Waals surface area contributed by atoms with Gasteiger partial charge in [0.25, 0.3) is 0 Å². The fraction of sp³-hybridized carbons (Fsp3) is 0.348. The molecule has 1 aliphatic rings. The zero-order valence-corrected chi connectivity index (χ0v) is 18.4. The number of hydrogen-bond acceptors (Lipinski definition) is 7. The number of ether oxygens (including phenoxy) is 1. The standard InChI is InChI=1S/C23H24N4O3S/c1-3-27(18-10-12-30-13-11-18)23-20-9-6-17(14-21(20)25-26-22(23)15-24)16-4-7-19(8-5-16)31(2,28)29/h4-9,14,18H,3,10-13H2,1-2H3. The van der Waals surface area contributed by atoms with Gasteiger partial charge in [-0.15, -0.1) is 10.2 Å². The Morgan fingerprint density at radius 2 is 1.77 bits per heavy atom. The molecule has 0 spiro atoms. The Hall–Kier alpha value is -3.02. The van der Waals surface area contributed by atoms with E-state index in [1.165, 1.54) is 6.26 Å². The lowest BCUT2D eigenvalue weighted by atomic mass is 10.0. The van der Waals surface area contributed by atoms with Crippen LogP contribution in [0.2, 0.25) is 0 Å². The Labute approximate surface area is 182 Å². The first-order chi connectivity index (χ1) is 14.9. The molecule has 0 atom stereocenters. The molecule has 0 amide bonds. The maximum Gasteiger partial charge on any atom is 0.187 e. The van der Waals surface area contributed by atoms with Gasteiger partial charge in [-0.1, -0.05) is 18.2 Å². The molecule has 1 aliphatic heterocycles. The van der Waals surface area contributed by atoms with Crippen molar-refractivity contribution in [2.24, 2.45) is 0 Å². The third-order valence-corrected chi connectivity index (χ3v) is 6.84.